The van der Waals surface area contributed by atoms with Crippen molar-refractivity contribution < 1.29 is 17.9 Å². The van der Waals surface area contributed by atoms with E-state index in [1.54, 1.807) is 18.5 Å². The summed E-state index contributed by atoms with van der Waals surface area (Å²) in [4.78, 5) is 4.59. The predicted molar refractivity (Wildman–Crippen MR) is 98.5 cm³/mol. The van der Waals surface area contributed by atoms with Gasteiger partial charge in [-0.1, -0.05) is 24.4 Å². The van der Waals surface area contributed by atoms with Gasteiger partial charge in [0, 0.05) is 19.0 Å². The number of aromatic nitrogens is 2. The third kappa shape index (κ3) is 4.35. The molecule has 3 rings (SSSR count). The van der Waals surface area contributed by atoms with Gasteiger partial charge in [0.1, 0.15) is 11.3 Å². The molecule has 1 N–H and O–H groups in total. The minimum Gasteiger partial charge on any atom is -0.405 e. The Balaban J connectivity index is 1.84. The number of alkyl halides is 3. The van der Waals surface area contributed by atoms with Crippen LogP contribution in [0.25, 0.3) is 11.0 Å². The van der Waals surface area contributed by atoms with Gasteiger partial charge in [0.15, 0.2) is 0 Å². The highest BCUT2D eigenvalue weighted by Gasteiger charge is 2.32. The van der Waals surface area contributed by atoms with E-state index >= 15 is 0 Å². The van der Waals surface area contributed by atoms with Crippen LogP contribution in [0, 0.1) is 11.3 Å². The molecule has 0 radical (unpaired) electrons. The number of nitrogens with one attached hydrogen (secondary N) is 1. The molecule has 0 atom stereocenters. The fourth-order valence-corrected chi connectivity index (χ4v) is 2.88. The van der Waals surface area contributed by atoms with Crippen molar-refractivity contribution in [2.45, 2.75) is 12.8 Å². The van der Waals surface area contributed by atoms with Crippen molar-refractivity contribution in [2.24, 2.45) is 7.05 Å². The number of ether oxygens (including phenoxy) is 1. The number of nitriles is 1. The van der Waals surface area contributed by atoms with Crippen molar-refractivity contribution in [1.82, 2.24) is 9.55 Å². The number of hydrogen-bond acceptors (Lipinski definition) is 4. The largest absolute Gasteiger partial charge is 0.573 e. The highest BCUT2D eigenvalue weighted by molar-refractivity contribution is 7.80. The second-order valence-electron chi connectivity index (χ2n) is 5.74. The van der Waals surface area contributed by atoms with E-state index in [4.69, 9.17) is 17.5 Å². The van der Waals surface area contributed by atoms with Crippen LogP contribution in [-0.2, 0) is 13.5 Å². The molecule has 0 fully saturated rings. The molecule has 0 saturated heterocycles. The van der Waals surface area contributed by atoms with Crippen LogP contribution in [0.15, 0.2) is 42.7 Å². The van der Waals surface area contributed by atoms with E-state index < -0.39 is 12.1 Å². The van der Waals surface area contributed by atoms with Crippen LogP contribution in [0.5, 0.6) is 5.75 Å². The Morgan fingerprint density at radius 2 is 2.11 bits per heavy atom. The maximum Gasteiger partial charge on any atom is 0.573 e. The molecular weight excluding hydrogens is 377 g/mol. The van der Waals surface area contributed by atoms with Crippen molar-refractivity contribution in [1.29, 1.82) is 5.26 Å². The smallest absolute Gasteiger partial charge is 0.405 e. The fraction of sp³-hybridized carbons (Fsp3) is 0.167. The lowest BCUT2D eigenvalue weighted by Crippen LogP contribution is -2.19. The molecule has 9 heteroatoms. The first-order valence-corrected chi connectivity index (χ1v) is 8.16. The molecule has 3 aromatic rings. The molecule has 0 aliphatic carbocycles. The number of aryl methyl sites for hydroxylation is 1. The molecule has 1 aromatic heterocycles. The Hall–Kier alpha value is -3.12. The number of rotatable bonds is 4. The fourth-order valence-electron chi connectivity index (χ4n) is 2.62. The zero-order valence-corrected chi connectivity index (χ0v) is 14.9. The first kappa shape index (κ1) is 18.7. The van der Waals surface area contributed by atoms with Crippen LogP contribution in [0.3, 0.4) is 0 Å². The van der Waals surface area contributed by atoms with Gasteiger partial charge in [-0.2, -0.15) is 5.26 Å². The molecule has 5 nitrogen and oxygen atoms in total. The Bertz CT molecular complexity index is 1050. The van der Waals surface area contributed by atoms with Crippen molar-refractivity contribution >= 4 is 33.9 Å². The third-order valence-electron chi connectivity index (χ3n) is 3.80. The lowest BCUT2D eigenvalue weighted by atomic mass is 10.1. The van der Waals surface area contributed by atoms with Gasteiger partial charge in [-0.3, -0.25) is 0 Å². The van der Waals surface area contributed by atoms with Crippen molar-refractivity contribution in [3.63, 3.8) is 0 Å². The average Bonchev–Trinajstić information content (AvgIpc) is 2.97. The zero-order valence-electron chi connectivity index (χ0n) is 14.0. The van der Waals surface area contributed by atoms with Gasteiger partial charge in [0.25, 0.3) is 0 Å². The first-order chi connectivity index (χ1) is 12.8. The number of fused-ring (bicyclic) bond motifs is 1. The molecule has 0 aliphatic heterocycles. The van der Waals surface area contributed by atoms with Gasteiger partial charge < -0.3 is 14.6 Å². The van der Waals surface area contributed by atoms with E-state index in [-0.39, 0.29) is 17.5 Å². The maximum atomic E-state index is 12.7. The van der Waals surface area contributed by atoms with Gasteiger partial charge in [-0.15, -0.1) is 13.2 Å². The number of para-hydroxylation sites is 1. The van der Waals surface area contributed by atoms with Crippen LogP contribution in [-0.4, -0.2) is 20.9 Å². The lowest BCUT2D eigenvalue weighted by Gasteiger charge is -2.15. The van der Waals surface area contributed by atoms with Crippen LogP contribution in [0.2, 0.25) is 0 Å². The number of anilines is 1. The second-order valence-corrected chi connectivity index (χ2v) is 6.23. The van der Waals surface area contributed by atoms with Crippen LogP contribution >= 0.6 is 12.2 Å². The van der Waals surface area contributed by atoms with E-state index in [2.05, 4.69) is 15.0 Å². The molecule has 1 heterocycles. The Morgan fingerprint density at radius 3 is 2.81 bits per heavy atom. The number of hydrogen-bond donors (Lipinski definition) is 1. The summed E-state index contributed by atoms with van der Waals surface area (Å²) >= 11 is 5.30. The summed E-state index contributed by atoms with van der Waals surface area (Å²) in [6, 6.07) is 11.2. The topological polar surface area (TPSA) is 62.9 Å². The third-order valence-corrected chi connectivity index (χ3v) is 4.05. The van der Waals surface area contributed by atoms with E-state index in [0.29, 0.717) is 16.2 Å². The standard InChI is InChI=1S/C18H13F3N4OS/c1-25-10-23-17-13(3-2-4-14(17)25)24-16(27)8-12-6-5-11(9-22)7-15(12)26-18(19,20)21/h2-7,10H,8H2,1H3,(H,24,27). The predicted octanol–water partition coefficient (Wildman–Crippen LogP) is 4.33. The normalized spacial score (nSPS) is 11.2. The summed E-state index contributed by atoms with van der Waals surface area (Å²) in [5.41, 5.74) is 2.54. The molecule has 2 aromatic carbocycles. The number of imidazole rings is 1. The molecule has 0 bridgehead atoms. The van der Waals surface area contributed by atoms with Crippen LogP contribution < -0.4 is 10.1 Å². The molecular formula is C18H13F3N4OS. The van der Waals surface area contributed by atoms with Crippen molar-refractivity contribution in [2.75, 3.05) is 5.32 Å². The van der Waals surface area contributed by atoms with E-state index in [0.717, 1.165) is 11.6 Å². The molecule has 27 heavy (non-hydrogen) atoms. The number of benzene rings is 2. The Kier molecular flexibility index (Phi) is 5.01. The van der Waals surface area contributed by atoms with Gasteiger partial charge in [-0.05, 0) is 24.3 Å². The minimum atomic E-state index is -4.86. The summed E-state index contributed by atoms with van der Waals surface area (Å²) in [6.45, 7) is 0. The Morgan fingerprint density at radius 1 is 1.33 bits per heavy atom. The molecule has 138 valence electrons. The summed E-state index contributed by atoms with van der Waals surface area (Å²) < 4.78 is 43.9. The van der Waals surface area contributed by atoms with Crippen molar-refractivity contribution in [3.8, 4) is 11.8 Å². The zero-order chi connectivity index (χ0) is 19.6. The van der Waals surface area contributed by atoms with Crippen molar-refractivity contribution in [3.05, 3.63) is 53.9 Å². The van der Waals surface area contributed by atoms with E-state index in [9.17, 15) is 13.2 Å². The first-order valence-electron chi connectivity index (χ1n) is 7.75. The number of thiocarbonyl (C=S) groups is 1. The monoisotopic (exact) mass is 390 g/mol. The SMILES string of the molecule is Cn1cnc2c(NC(=S)Cc3ccc(C#N)cc3OC(F)(F)F)cccc21. The van der Waals surface area contributed by atoms with Crippen LogP contribution in [0.1, 0.15) is 11.1 Å². The molecule has 0 saturated carbocycles. The number of halogens is 3. The highest BCUT2D eigenvalue weighted by Crippen LogP contribution is 2.29. The average molecular weight is 390 g/mol. The second kappa shape index (κ2) is 7.25. The van der Waals surface area contributed by atoms with Gasteiger partial charge in [-0.25, -0.2) is 4.98 Å². The molecule has 0 amide bonds. The van der Waals surface area contributed by atoms with E-state index in [1.165, 1.54) is 12.1 Å². The van der Waals surface area contributed by atoms with Gasteiger partial charge >= 0.3 is 6.36 Å². The quantitative estimate of drug-likeness (QED) is 0.672. The summed E-state index contributed by atoms with van der Waals surface area (Å²) in [7, 11) is 1.86. The van der Waals surface area contributed by atoms with E-state index in [1.807, 2.05) is 23.7 Å². The minimum absolute atomic E-state index is 0.00960. The molecule has 0 aliphatic rings. The summed E-state index contributed by atoms with van der Waals surface area (Å²) in [5.74, 6) is -0.443. The molecule has 0 unspecified atom stereocenters. The summed E-state index contributed by atoms with van der Waals surface area (Å²) in [6.07, 6.45) is -3.19. The number of nitrogens with zero attached hydrogens (tertiary/aromatic N) is 3. The van der Waals surface area contributed by atoms with Crippen LogP contribution in [0.4, 0.5) is 18.9 Å². The maximum absolute atomic E-state index is 12.7. The van der Waals surface area contributed by atoms with Gasteiger partial charge in [0.2, 0.25) is 0 Å². The lowest BCUT2D eigenvalue weighted by molar-refractivity contribution is -0.274. The van der Waals surface area contributed by atoms with Gasteiger partial charge in [0.05, 0.1) is 34.2 Å². The Labute approximate surface area is 158 Å². The molecule has 0 spiro atoms. The summed E-state index contributed by atoms with van der Waals surface area (Å²) in [5, 5.41) is 11.9. The highest BCUT2D eigenvalue weighted by atomic mass is 32.1.